The van der Waals surface area contributed by atoms with Crippen LogP contribution in [0.3, 0.4) is 0 Å². The first-order valence-electron chi connectivity index (χ1n) is 8.81. The third-order valence-corrected chi connectivity index (χ3v) is 5.74. The lowest BCUT2D eigenvalue weighted by Gasteiger charge is -2.47. The Morgan fingerprint density at radius 2 is 1.76 bits per heavy atom. The van der Waals surface area contributed by atoms with E-state index in [0.29, 0.717) is 17.4 Å². The lowest BCUT2D eigenvalue weighted by atomic mass is 9.65. The molecule has 1 fully saturated rings. The van der Waals surface area contributed by atoms with Crippen molar-refractivity contribution in [1.29, 1.82) is 0 Å². The van der Waals surface area contributed by atoms with Gasteiger partial charge in [-0.25, -0.2) is 0 Å². The fraction of sp³-hybridized carbons (Fsp3) is 1.00. The molecule has 3 nitrogen and oxygen atoms in total. The van der Waals surface area contributed by atoms with Crippen molar-refractivity contribution in [2.24, 2.45) is 23.0 Å². The molecule has 3 unspecified atom stereocenters. The highest BCUT2D eigenvalue weighted by Gasteiger charge is 2.39. The number of nitrogens with zero attached hydrogens (tertiary/aromatic N) is 1. The van der Waals surface area contributed by atoms with Gasteiger partial charge in [0, 0.05) is 12.6 Å². The first kappa shape index (κ1) is 18.9. The summed E-state index contributed by atoms with van der Waals surface area (Å²) in [6.07, 6.45) is 5.00. The van der Waals surface area contributed by atoms with Gasteiger partial charge in [-0.05, 0) is 63.5 Å². The van der Waals surface area contributed by atoms with Crippen LogP contribution in [0.4, 0.5) is 0 Å². The van der Waals surface area contributed by atoms with Crippen molar-refractivity contribution >= 4 is 0 Å². The lowest BCUT2D eigenvalue weighted by molar-refractivity contribution is -0.0155. The Hall–Kier alpha value is -0.120. The number of likely N-dealkylation sites (N-methyl/N-ethyl adjacent to an activating group) is 1. The molecule has 1 aliphatic rings. The van der Waals surface area contributed by atoms with E-state index in [-0.39, 0.29) is 0 Å². The molecule has 126 valence electrons. The topological polar surface area (TPSA) is 49.5 Å². The maximum Gasteiger partial charge on any atom is 0.0718 e. The SMILES string of the molecule is CCN(CC(C)(C)O)C1CC(C(C)(C)CC)CCC1CN. The molecule has 0 saturated heterocycles. The number of rotatable bonds is 7. The van der Waals surface area contributed by atoms with Crippen LogP contribution in [0, 0.1) is 17.3 Å². The van der Waals surface area contributed by atoms with Crippen LogP contribution in [0.25, 0.3) is 0 Å². The van der Waals surface area contributed by atoms with E-state index in [9.17, 15) is 5.11 Å². The van der Waals surface area contributed by atoms with Gasteiger partial charge in [0.15, 0.2) is 0 Å². The normalized spacial score (nSPS) is 28.1. The Morgan fingerprint density at radius 3 is 2.19 bits per heavy atom. The average Bonchev–Trinajstić information content (AvgIpc) is 2.43. The van der Waals surface area contributed by atoms with Crippen molar-refractivity contribution in [3.05, 3.63) is 0 Å². The van der Waals surface area contributed by atoms with Crippen LogP contribution in [-0.2, 0) is 0 Å². The molecule has 0 spiro atoms. The molecule has 1 saturated carbocycles. The van der Waals surface area contributed by atoms with Crippen molar-refractivity contribution in [1.82, 2.24) is 4.90 Å². The summed E-state index contributed by atoms with van der Waals surface area (Å²) in [4.78, 5) is 2.47. The smallest absolute Gasteiger partial charge is 0.0718 e. The average molecular weight is 299 g/mol. The largest absolute Gasteiger partial charge is 0.389 e. The molecule has 0 radical (unpaired) electrons. The summed E-state index contributed by atoms with van der Waals surface area (Å²) >= 11 is 0. The summed E-state index contributed by atoms with van der Waals surface area (Å²) < 4.78 is 0. The highest BCUT2D eigenvalue weighted by Crippen LogP contribution is 2.43. The Kier molecular flexibility index (Phi) is 6.70. The fourth-order valence-electron chi connectivity index (χ4n) is 3.89. The molecule has 3 N–H and O–H groups in total. The maximum absolute atomic E-state index is 10.2. The summed E-state index contributed by atoms with van der Waals surface area (Å²) in [5.41, 5.74) is 5.82. The molecular formula is C18H38N2O. The predicted molar refractivity (Wildman–Crippen MR) is 91.3 cm³/mol. The van der Waals surface area contributed by atoms with Gasteiger partial charge < -0.3 is 10.8 Å². The van der Waals surface area contributed by atoms with E-state index in [0.717, 1.165) is 25.6 Å². The predicted octanol–water partition coefficient (Wildman–Crippen LogP) is 3.26. The molecule has 0 amide bonds. The minimum absolute atomic E-state index is 0.409. The number of hydrogen-bond donors (Lipinski definition) is 2. The standard InChI is InChI=1S/C18H38N2O/c1-7-17(3,4)15-10-9-14(12-19)16(11-15)20(8-2)13-18(5,6)21/h14-16,21H,7-13,19H2,1-6H3. The van der Waals surface area contributed by atoms with Crippen molar-refractivity contribution in [3.8, 4) is 0 Å². The van der Waals surface area contributed by atoms with Crippen LogP contribution < -0.4 is 5.73 Å². The molecule has 0 aliphatic heterocycles. The second-order valence-electron chi connectivity index (χ2n) is 8.29. The van der Waals surface area contributed by atoms with Gasteiger partial charge in [0.1, 0.15) is 0 Å². The zero-order valence-corrected chi connectivity index (χ0v) is 15.2. The van der Waals surface area contributed by atoms with Crippen molar-refractivity contribution in [3.63, 3.8) is 0 Å². The summed E-state index contributed by atoms with van der Waals surface area (Å²) in [5, 5.41) is 10.2. The maximum atomic E-state index is 10.2. The van der Waals surface area contributed by atoms with Gasteiger partial charge in [-0.15, -0.1) is 0 Å². The minimum atomic E-state index is -0.637. The fourth-order valence-corrected chi connectivity index (χ4v) is 3.89. The van der Waals surface area contributed by atoms with Gasteiger partial charge in [-0.1, -0.05) is 34.1 Å². The molecule has 0 aromatic heterocycles. The van der Waals surface area contributed by atoms with Gasteiger partial charge in [0.2, 0.25) is 0 Å². The molecule has 0 aromatic rings. The third-order valence-electron chi connectivity index (χ3n) is 5.74. The highest BCUT2D eigenvalue weighted by atomic mass is 16.3. The first-order chi connectivity index (χ1) is 9.64. The molecule has 1 rings (SSSR count). The minimum Gasteiger partial charge on any atom is -0.389 e. The van der Waals surface area contributed by atoms with Gasteiger partial charge >= 0.3 is 0 Å². The van der Waals surface area contributed by atoms with Crippen LogP contribution in [0.15, 0.2) is 0 Å². The van der Waals surface area contributed by atoms with E-state index < -0.39 is 5.60 Å². The monoisotopic (exact) mass is 298 g/mol. The van der Waals surface area contributed by atoms with E-state index in [4.69, 9.17) is 5.73 Å². The first-order valence-corrected chi connectivity index (χ1v) is 8.81. The Bertz CT molecular complexity index is 309. The number of hydrogen-bond acceptors (Lipinski definition) is 3. The third kappa shape index (κ3) is 5.22. The molecule has 1 aliphatic carbocycles. The van der Waals surface area contributed by atoms with Crippen LogP contribution in [0.2, 0.25) is 0 Å². The Labute approximate surface area is 132 Å². The molecule has 21 heavy (non-hydrogen) atoms. The zero-order chi connectivity index (χ0) is 16.3. The van der Waals surface area contributed by atoms with E-state index in [1.165, 1.54) is 25.7 Å². The molecule has 0 bridgehead atoms. The van der Waals surface area contributed by atoms with E-state index in [1.54, 1.807) is 0 Å². The summed E-state index contributed by atoms with van der Waals surface area (Å²) in [7, 11) is 0. The van der Waals surface area contributed by atoms with Crippen LogP contribution in [-0.4, -0.2) is 41.3 Å². The van der Waals surface area contributed by atoms with Gasteiger partial charge in [-0.3, -0.25) is 4.90 Å². The molecule has 3 heteroatoms. The van der Waals surface area contributed by atoms with Crippen LogP contribution >= 0.6 is 0 Å². The van der Waals surface area contributed by atoms with Gasteiger partial charge in [0.25, 0.3) is 0 Å². The number of nitrogens with two attached hydrogens (primary N) is 1. The van der Waals surface area contributed by atoms with Crippen molar-refractivity contribution in [2.45, 2.75) is 78.9 Å². The van der Waals surface area contributed by atoms with Crippen molar-refractivity contribution in [2.75, 3.05) is 19.6 Å². The second kappa shape index (κ2) is 7.43. The highest BCUT2D eigenvalue weighted by molar-refractivity contribution is 4.93. The summed E-state index contributed by atoms with van der Waals surface area (Å²) in [6.45, 7) is 15.6. The van der Waals surface area contributed by atoms with Crippen LogP contribution in [0.5, 0.6) is 0 Å². The van der Waals surface area contributed by atoms with Gasteiger partial charge in [-0.2, -0.15) is 0 Å². The van der Waals surface area contributed by atoms with Crippen molar-refractivity contribution < 1.29 is 5.11 Å². The Morgan fingerprint density at radius 1 is 1.14 bits per heavy atom. The number of aliphatic hydroxyl groups is 1. The molecular weight excluding hydrogens is 260 g/mol. The summed E-state index contributed by atoms with van der Waals surface area (Å²) in [5.74, 6) is 1.35. The van der Waals surface area contributed by atoms with Crippen LogP contribution in [0.1, 0.15) is 67.2 Å². The second-order valence-corrected chi connectivity index (χ2v) is 8.29. The Balaban J connectivity index is 2.87. The summed E-state index contributed by atoms with van der Waals surface area (Å²) in [6, 6.07) is 0.524. The molecule has 3 atom stereocenters. The molecule has 0 aromatic carbocycles. The lowest BCUT2D eigenvalue weighted by Crippen LogP contribution is -2.52. The van der Waals surface area contributed by atoms with E-state index in [1.807, 2.05) is 13.8 Å². The zero-order valence-electron chi connectivity index (χ0n) is 15.2. The molecule has 0 heterocycles. The van der Waals surface area contributed by atoms with E-state index >= 15 is 0 Å². The van der Waals surface area contributed by atoms with Gasteiger partial charge in [0.05, 0.1) is 5.60 Å². The quantitative estimate of drug-likeness (QED) is 0.758. The van der Waals surface area contributed by atoms with E-state index in [2.05, 4.69) is 32.6 Å².